The Hall–Kier alpha value is -3.22. The molecule has 0 atom stereocenters. The standard InChI is InChI=1S/C22H27N3O4/c1-15(2)25-22(27)24-14-17-3-6-18(7-4-17)21(26)23-10-9-16-5-8-19-20(13-16)29-12-11-28-19/h3-8,13,15H,9-12,14H2,1-2H3,(H,23,26)(H2,24,25,27). The second-order valence-electron chi connectivity index (χ2n) is 7.16. The Morgan fingerprint density at radius 1 is 0.931 bits per heavy atom. The first-order chi connectivity index (χ1) is 14.0. The smallest absolute Gasteiger partial charge is 0.315 e. The zero-order valence-electron chi connectivity index (χ0n) is 16.8. The van der Waals surface area contributed by atoms with Crippen LogP contribution in [0, 0.1) is 0 Å². The Balaban J connectivity index is 1.44. The van der Waals surface area contributed by atoms with Crippen LogP contribution in [0.5, 0.6) is 11.5 Å². The van der Waals surface area contributed by atoms with Crippen molar-refractivity contribution < 1.29 is 19.1 Å². The van der Waals surface area contributed by atoms with E-state index in [1.807, 2.05) is 44.2 Å². The maximum atomic E-state index is 12.3. The molecule has 0 spiro atoms. The van der Waals surface area contributed by atoms with Gasteiger partial charge in [-0.05, 0) is 55.7 Å². The van der Waals surface area contributed by atoms with Crippen LogP contribution >= 0.6 is 0 Å². The molecular formula is C22H27N3O4. The van der Waals surface area contributed by atoms with Crippen molar-refractivity contribution in [3.8, 4) is 11.5 Å². The van der Waals surface area contributed by atoms with E-state index in [9.17, 15) is 9.59 Å². The van der Waals surface area contributed by atoms with E-state index in [-0.39, 0.29) is 18.0 Å². The fourth-order valence-electron chi connectivity index (χ4n) is 2.94. The Labute approximate surface area is 170 Å². The van der Waals surface area contributed by atoms with Crippen molar-refractivity contribution in [2.45, 2.75) is 32.9 Å². The van der Waals surface area contributed by atoms with Gasteiger partial charge in [0.25, 0.3) is 5.91 Å². The Morgan fingerprint density at radius 2 is 1.62 bits per heavy atom. The number of ether oxygens (including phenoxy) is 2. The van der Waals surface area contributed by atoms with Crippen molar-refractivity contribution in [1.29, 1.82) is 0 Å². The minimum absolute atomic E-state index is 0.0863. The molecule has 3 rings (SSSR count). The van der Waals surface area contributed by atoms with Gasteiger partial charge in [-0.1, -0.05) is 18.2 Å². The van der Waals surface area contributed by atoms with Crippen LogP contribution in [0.1, 0.15) is 35.3 Å². The molecular weight excluding hydrogens is 370 g/mol. The second-order valence-corrected chi connectivity index (χ2v) is 7.16. The molecule has 7 nitrogen and oxygen atoms in total. The quantitative estimate of drug-likeness (QED) is 0.670. The number of nitrogens with one attached hydrogen (secondary N) is 3. The van der Waals surface area contributed by atoms with E-state index in [0.29, 0.717) is 38.3 Å². The molecule has 2 aromatic carbocycles. The normalized spacial score (nSPS) is 12.4. The van der Waals surface area contributed by atoms with Crippen molar-refractivity contribution in [2.75, 3.05) is 19.8 Å². The summed E-state index contributed by atoms with van der Waals surface area (Å²) in [6.07, 6.45) is 0.704. The van der Waals surface area contributed by atoms with Crippen molar-refractivity contribution >= 4 is 11.9 Å². The lowest BCUT2D eigenvalue weighted by Gasteiger charge is -2.18. The van der Waals surface area contributed by atoms with Crippen LogP contribution in [0.3, 0.4) is 0 Å². The summed E-state index contributed by atoms with van der Waals surface area (Å²) in [6.45, 7) is 5.87. The summed E-state index contributed by atoms with van der Waals surface area (Å²) in [6, 6.07) is 12.9. The molecule has 7 heteroatoms. The predicted octanol–water partition coefficient (Wildman–Crippen LogP) is 2.64. The molecule has 1 aliphatic heterocycles. The van der Waals surface area contributed by atoms with Gasteiger partial charge in [0.05, 0.1) is 0 Å². The molecule has 1 aliphatic rings. The van der Waals surface area contributed by atoms with E-state index < -0.39 is 0 Å². The van der Waals surface area contributed by atoms with Gasteiger partial charge >= 0.3 is 6.03 Å². The highest BCUT2D eigenvalue weighted by Gasteiger charge is 2.12. The van der Waals surface area contributed by atoms with Crippen molar-refractivity contribution in [3.63, 3.8) is 0 Å². The molecule has 2 aromatic rings. The highest BCUT2D eigenvalue weighted by atomic mass is 16.6. The minimum Gasteiger partial charge on any atom is -0.486 e. The van der Waals surface area contributed by atoms with Crippen molar-refractivity contribution in [3.05, 3.63) is 59.2 Å². The van der Waals surface area contributed by atoms with E-state index in [2.05, 4.69) is 16.0 Å². The number of amides is 3. The van der Waals surface area contributed by atoms with E-state index in [0.717, 1.165) is 22.6 Å². The molecule has 154 valence electrons. The van der Waals surface area contributed by atoms with Crippen molar-refractivity contribution in [1.82, 2.24) is 16.0 Å². The third-order valence-corrected chi connectivity index (χ3v) is 4.39. The number of fused-ring (bicyclic) bond motifs is 1. The highest BCUT2D eigenvalue weighted by molar-refractivity contribution is 5.94. The summed E-state index contributed by atoms with van der Waals surface area (Å²) in [4.78, 5) is 23.9. The third-order valence-electron chi connectivity index (χ3n) is 4.39. The SMILES string of the molecule is CC(C)NC(=O)NCc1ccc(C(=O)NCCc2ccc3c(c2)OCCO3)cc1. The maximum absolute atomic E-state index is 12.3. The molecule has 0 aliphatic carbocycles. The Kier molecular flexibility index (Phi) is 6.94. The number of rotatable bonds is 7. The molecule has 0 aromatic heterocycles. The molecule has 0 saturated carbocycles. The molecule has 1 heterocycles. The Bertz CT molecular complexity index is 850. The minimum atomic E-state index is -0.207. The second kappa shape index (κ2) is 9.82. The summed E-state index contributed by atoms with van der Waals surface area (Å²) in [5.41, 5.74) is 2.59. The van der Waals surface area contributed by atoms with E-state index in [1.165, 1.54) is 0 Å². The van der Waals surface area contributed by atoms with Gasteiger partial charge < -0.3 is 25.4 Å². The summed E-state index contributed by atoms with van der Waals surface area (Å²) in [5.74, 6) is 1.39. The zero-order chi connectivity index (χ0) is 20.6. The summed E-state index contributed by atoms with van der Waals surface area (Å²) in [7, 11) is 0. The molecule has 0 unspecified atom stereocenters. The lowest BCUT2D eigenvalue weighted by atomic mass is 10.1. The summed E-state index contributed by atoms with van der Waals surface area (Å²) in [5, 5.41) is 8.48. The first-order valence-corrected chi connectivity index (χ1v) is 9.81. The molecule has 0 radical (unpaired) electrons. The van der Waals surface area contributed by atoms with Gasteiger partial charge in [-0.3, -0.25) is 4.79 Å². The van der Waals surface area contributed by atoms with Crippen LogP contribution in [0.25, 0.3) is 0 Å². The number of hydrogen-bond acceptors (Lipinski definition) is 4. The Morgan fingerprint density at radius 3 is 2.34 bits per heavy atom. The topological polar surface area (TPSA) is 88.7 Å². The molecule has 0 fully saturated rings. The largest absolute Gasteiger partial charge is 0.486 e. The molecule has 29 heavy (non-hydrogen) atoms. The summed E-state index contributed by atoms with van der Waals surface area (Å²) >= 11 is 0. The monoisotopic (exact) mass is 397 g/mol. The van der Waals surface area contributed by atoms with Crippen LogP contribution in [0.2, 0.25) is 0 Å². The zero-order valence-corrected chi connectivity index (χ0v) is 16.8. The first kappa shape index (κ1) is 20.5. The van der Waals surface area contributed by atoms with Gasteiger partial charge in [0.15, 0.2) is 11.5 Å². The highest BCUT2D eigenvalue weighted by Crippen LogP contribution is 2.30. The van der Waals surface area contributed by atoms with Crippen LogP contribution in [-0.4, -0.2) is 37.7 Å². The average Bonchev–Trinajstić information content (AvgIpc) is 2.72. The van der Waals surface area contributed by atoms with Crippen LogP contribution in [0.4, 0.5) is 4.79 Å². The predicted molar refractivity (Wildman–Crippen MR) is 110 cm³/mol. The molecule has 3 amide bonds. The number of urea groups is 1. The van der Waals surface area contributed by atoms with Crippen LogP contribution < -0.4 is 25.4 Å². The number of hydrogen-bond donors (Lipinski definition) is 3. The fourth-order valence-corrected chi connectivity index (χ4v) is 2.94. The lowest BCUT2D eigenvalue weighted by molar-refractivity contribution is 0.0954. The van der Waals surface area contributed by atoms with E-state index in [4.69, 9.17) is 9.47 Å². The first-order valence-electron chi connectivity index (χ1n) is 9.81. The van der Waals surface area contributed by atoms with Gasteiger partial charge in [0, 0.05) is 24.7 Å². The van der Waals surface area contributed by atoms with Gasteiger partial charge in [0.1, 0.15) is 13.2 Å². The van der Waals surface area contributed by atoms with E-state index in [1.54, 1.807) is 12.1 Å². The average molecular weight is 397 g/mol. The third kappa shape index (κ3) is 6.14. The number of carbonyl (C=O) groups is 2. The van der Waals surface area contributed by atoms with E-state index >= 15 is 0 Å². The van der Waals surface area contributed by atoms with Gasteiger partial charge in [0.2, 0.25) is 0 Å². The number of carbonyl (C=O) groups excluding carboxylic acids is 2. The van der Waals surface area contributed by atoms with Crippen molar-refractivity contribution in [2.24, 2.45) is 0 Å². The van der Waals surface area contributed by atoms with Crippen LogP contribution in [0.15, 0.2) is 42.5 Å². The lowest BCUT2D eigenvalue weighted by Crippen LogP contribution is -2.39. The fraction of sp³-hybridized carbons (Fsp3) is 0.364. The van der Waals surface area contributed by atoms with Gasteiger partial charge in [-0.15, -0.1) is 0 Å². The molecule has 3 N–H and O–H groups in total. The summed E-state index contributed by atoms with van der Waals surface area (Å²) < 4.78 is 11.1. The molecule has 0 saturated heterocycles. The molecule has 0 bridgehead atoms. The van der Waals surface area contributed by atoms with Gasteiger partial charge in [-0.25, -0.2) is 4.79 Å². The number of benzene rings is 2. The maximum Gasteiger partial charge on any atom is 0.315 e. The van der Waals surface area contributed by atoms with Gasteiger partial charge in [-0.2, -0.15) is 0 Å². The van der Waals surface area contributed by atoms with Crippen LogP contribution in [-0.2, 0) is 13.0 Å².